The van der Waals surface area contributed by atoms with Crippen LogP contribution >= 0.6 is 0 Å². The summed E-state index contributed by atoms with van der Waals surface area (Å²) in [5, 5.41) is 11.5. The number of rotatable bonds is 2. The highest BCUT2D eigenvalue weighted by Crippen LogP contribution is 2.46. The zero-order chi connectivity index (χ0) is 17.5. The van der Waals surface area contributed by atoms with Gasteiger partial charge in [-0.25, -0.2) is 5.11 Å². The lowest BCUT2D eigenvalue weighted by molar-refractivity contribution is -0.151. The van der Waals surface area contributed by atoms with Gasteiger partial charge in [-0.05, 0) is 18.6 Å². The van der Waals surface area contributed by atoms with Crippen molar-refractivity contribution in [1.82, 2.24) is 0 Å². The van der Waals surface area contributed by atoms with Crippen molar-refractivity contribution in [3.63, 3.8) is 0 Å². The van der Waals surface area contributed by atoms with E-state index in [-0.39, 0.29) is 0 Å². The van der Waals surface area contributed by atoms with Crippen LogP contribution in [0, 0.1) is 0 Å². The van der Waals surface area contributed by atoms with Crippen LogP contribution in [-0.2, 0) is 23.6 Å². The average Bonchev–Trinajstić information content (AvgIpc) is 2.33. The van der Waals surface area contributed by atoms with Crippen molar-refractivity contribution in [3.8, 4) is 0 Å². The fourth-order valence-corrected chi connectivity index (χ4v) is 1.84. The Bertz CT molecular complexity index is 504. The first-order chi connectivity index (χ1) is 9.69. The van der Waals surface area contributed by atoms with Crippen molar-refractivity contribution in [3.05, 3.63) is 34.4 Å². The van der Waals surface area contributed by atoms with Gasteiger partial charge in [-0.15, -0.1) is 0 Å². The van der Waals surface area contributed by atoms with Crippen LogP contribution in [0.3, 0.4) is 0 Å². The SMILES string of the molecule is CCC([O])c1c(C(F)(F)F)cc(C(F)(F)F)cc1C(F)(F)F. The standard InChI is InChI=1S/C12H8F9O/c1-2-8(22)9-6(11(16,17)18)3-5(10(13,14)15)4-7(9)12(19,20)21/h3-4,8H,2H2,1H3. The third kappa shape index (κ3) is 3.84. The molecule has 0 fully saturated rings. The van der Waals surface area contributed by atoms with Crippen LogP contribution in [0.5, 0.6) is 0 Å². The second kappa shape index (κ2) is 5.64. The summed E-state index contributed by atoms with van der Waals surface area (Å²) >= 11 is 0. The van der Waals surface area contributed by atoms with Gasteiger partial charge in [0.25, 0.3) is 0 Å². The lowest BCUT2D eigenvalue weighted by Crippen LogP contribution is -2.21. The second-order valence-corrected chi connectivity index (χ2v) is 4.38. The summed E-state index contributed by atoms with van der Waals surface area (Å²) in [6.07, 6.45) is -19.5. The molecule has 125 valence electrons. The molecule has 1 rings (SSSR count). The highest BCUT2D eigenvalue weighted by molar-refractivity contribution is 5.44. The third-order valence-electron chi connectivity index (χ3n) is 2.81. The molecular formula is C12H8F9O. The first kappa shape index (κ1) is 18.6. The monoisotopic (exact) mass is 339 g/mol. The van der Waals surface area contributed by atoms with Crippen LogP contribution in [0.4, 0.5) is 39.5 Å². The van der Waals surface area contributed by atoms with Crippen molar-refractivity contribution in [1.29, 1.82) is 0 Å². The van der Waals surface area contributed by atoms with E-state index in [1.54, 1.807) is 0 Å². The molecular weight excluding hydrogens is 331 g/mol. The fraction of sp³-hybridized carbons (Fsp3) is 0.500. The summed E-state index contributed by atoms with van der Waals surface area (Å²) in [4.78, 5) is 0. The Kier molecular flexibility index (Phi) is 4.76. The Morgan fingerprint density at radius 1 is 0.818 bits per heavy atom. The minimum absolute atomic E-state index is 0.467. The zero-order valence-electron chi connectivity index (χ0n) is 10.7. The molecule has 0 spiro atoms. The largest absolute Gasteiger partial charge is 0.416 e. The third-order valence-corrected chi connectivity index (χ3v) is 2.81. The van der Waals surface area contributed by atoms with E-state index in [1.165, 1.54) is 0 Å². The summed E-state index contributed by atoms with van der Waals surface area (Å²) in [5.41, 5.74) is -8.25. The van der Waals surface area contributed by atoms with Gasteiger partial charge in [0.2, 0.25) is 0 Å². The summed E-state index contributed by atoms with van der Waals surface area (Å²) in [7, 11) is 0. The molecule has 1 unspecified atom stereocenters. The van der Waals surface area contributed by atoms with Gasteiger partial charge in [0.1, 0.15) is 6.10 Å². The Morgan fingerprint density at radius 2 is 1.18 bits per heavy atom. The molecule has 0 bridgehead atoms. The quantitative estimate of drug-likeness (QED) is 0.623. The number of hydrogen-bond acceptors (Lipinski definition) is 0. The van der Waals surface area contributed by atoms with E-state index in [0.29, 0.717) is 0 Å². The Labute approximate surface area is 118 Å². The van der Waals surface area contributed by atoms with Crippen molar-refractivity contribution in [2.24, 2.45) is 0 Å². The Balaban J connectivity index is 3.86. The lowest BCUT2D eigenvalue weighted by Gasteiger charge is -2.23. The minimum Gasteiger partial charge on any atom is -0.228 e. The van der Waals surface area contributed by atoms with Crippen molar-refractivity contribution in [2.75, 3.05) is 0 Å². The molecule has 1 radical (unpaired) electrons. The summed E-state index contributed by atoms with van der Waals surface area (Å²) in [6.45, 7) is 1.04. The van der Waals surface area contributed by atoms with Crippen LogP contribution in [0.1, 0.15) is 41.7 Å². The molecule has 1 aromatic carbocycles. The summed E-state index contributed by atoms with van der Waals surface area (Å²) in [6, 6.07) is -0.934. The maximum absolute atomic E-state index is 12.8. The van der Waals surface area contributed by atoms with Crippen molar-refractivity contribution >= 4 is 0 Å². The normalized spacial score (nSPS) is 15.0. The van der Waals surface area contributed by atoms with E-state index in [4.69, 9.17) is 0 Å². The number of benzene rings is 1. The van der Waals surface area contributed by atoms with Gasteiger partial charge in [0.15, 0.2) is 0 Å². The average molecular weight is 339 g/mol. The van der Waals surface area contributed by atoms with E-state index in [0.717, 1.165) is 6.92 Å². The Hall–Kier alpha value is -1.45. The summed E-state index contributed by atoms with van der Waals surface area (Å²) in [5.74, 6) is 0. The molecule has 0 aliphatic rings. The van der Waals surface area contributed by atoms with Gasteiger partial charge >= 0.3 is 18.5 Å². The van der Waals surface area contributed by atoms with Crippen LogP contribution in [0.15, 0.2) is 12.1 Å². The minimum atomic E-state index is -5.52. The van der Waals surface area contributed by atoms with Crippen molar-refractivity contribution in [2.45, 2.75) is 38.0 Å². The second-order valence-electron chi connectivity index (χ2n) is 4.38. The van der Waals surface area contributed by atoms with E-state index in [2.05, 4.69) is 0 Å². The van der Waals surface area contributed by atoms with E-state index < -0.39 is 65.4 Å². The lowest BCUT2D eigenvalue weighted by atomic mass is 9.91. The molecule has 22 heavy (non-hydrogen) atoms. The zero-order valence-corrected chi connectivity index (χ0v) is 10.7. The highest BCUT2D eigenvalue weighted by atomic mass is 19.4. The maximum Gasteiger partial charge on any atom is 0.416 e. The molecule has 0 N–H and O–H groups in total. The van der Waals surface area contributed by atoms with E-state index >= 15 is 0 Å². The molecule has 0 saturated carbocycles. The van der Waals surface area contributed by atoms with E-state index in [9.17, 15) is 44.6 Å². The predicted molar refractivity (Wildman–Crippen MR) is 55.2 cm³/mol. The maximum atomic E-state index is 12.8. The molecule has 0 aliphatic heterocycles. The van der Waals surface area contributed by atoms with Crippen LogP contribution < -0.4 is 0 Å². The molecule has 0 saturated heterocycles. The molecule has 0 amide bonds. The molecule has 1 atom stereocenters. The smallest absolute Gasteiger partial charge is 0.228 e. The van der Waals surface area contributed by atoms with Gasteiger partial charge in [-0.2, -0.15) is 39.5 Å². The number of alkyl halides is 9. The summed E-state index contributed by atoms with van der Waals surface area (Å²) < 4.78 is 114. The van der Waals surface area contributed by atoms with Crippen LogP contribution in [0.25, 0.3) is 0 Å². The molecule has 0 aromatic heterocycles. The van der Waals surface area contributed by atoms with Gasteiger partial charge in [-0.1, -0.05) is 6.92 Å². The first-order valence-corrected chi connectivity index (χ1v) is 5.75. The highest BCUT2D eigenvalue weighted by Gasteiger charge is 2.46. The van der Waals surface area contributed by atoms with Gasteiger partial charge in [0.05, 0.1) is 16.7 Å². The van der Waals surface area contributed by atoms with Crippen LogP contribution in [0.2, 0.25) is 0 Å². The molecule has 10 heteroatoms. The Morgan fingerprint density at radius 3 is 1.41 bits per heavy atom. The number of halogens is 9. The van der Waals surface area contributed by atoms with Gasteiger partial charge < -0.3 is 0 Å². The number of hydrogen-bond donors (Lipinski definition) is 0. The van der Waals surface area contributed by atoms with Crippen molar-refractivity contribution < 1.29 is 44.6 Å². The topological polar surface area (TPSA) is 19.9 Å². The molecule has 0 aliphatic carbocycles. The fourth-order valence-electron chi connectivity index (χ4n) is 1.84. The van der Waals surface area contributed by atoms with Crippen LogP contribution in [-0.4, -0.2) is 0 Å². The predicted octanol–water partition coefficient (Wildman–Crippen LogP) is 5.62. The molecule has 1 aromatic rings. The van der Waals surface area contributed by atoms with Gasteiger partial charge in [-0.3, -0.25) is 0 Å². The molecule has 1 nitrogen and oxygen atoms in total. The van der Waals surface area contributed by atoms with E-state index in [1.807, 2.05) is 0 Å². The first-order valence-electron chi connectivity index (χ1n) is 5.75. The van der Waals surface area contributed by atoms with Gasteiger partial charge in [0, 0.05) is 5.56 Å². The molecule has 0 heterocycles.